The van der Waals surface area contributed by atoms with Crippen LogP contribution in [0.25, 0.3) is 0 Å². The molecule has 1 heterocycles. The summed E-state index contributed by atoms with van der Waals surface area (Å²) in [5.41, 5.74) is 5.86. The average Bonchev–Trinajstić information content (AvgIpc) is 2.69. The van der Waals surface area contributed by atoms with Crippen LogP contribution in [-0.2, 0) is 9.47 Å². The molecule has 3 unspecified atom stereocenters. The topological polar surface area (TPSA) is 56.5 Å². The van der Waals surface area contributed by atoms with E-state index in [9.17, 15) is 0 Å². The molecule has 1 saturated heterocycles. The summed E-state index contributed by atoms with van der Waals surface area (Å²) in [6.45, 7) is 5.48. The maximum atomic E-state index is 5.86. The zero-order valence-electron chi connectivity index (χ0n) is 9.66. The van der Waals surface area contributed by atoms with E-state index in [1.165, 1.54) is 6.42 Å². The molecule has 88 valence electrons. The van der Waals surface area contributed by atoms with Crippen LogP contribution < -0.4 is 11.1 Å². The van der Waals surface area contributed by atoms with Gasteiger partial charge in [-0.1, -0.05) is 0 Å². The predicted molar refractivity (Wildman–Crippen MR) is 58.5 cm³/mol. The van der Waals surface area contributed by atoms with Crippen molar-refractivity contribution < 1.29 is 9.47 Å². The molecule has 2 aliphatic rings. The van der Waals surface area contributed by atoms with Crippen LogP contribution in [-0.4, -0.2) is 37.1 Å². The minimum atomic E-state index is -0.404. The number of ether oxygens (including phenoxy) is 2. The molecule has 0 radical (unpaired) electrons. The van der Waals surface area contributed by atoms with Gasteiger partial charge in [0.25, 0.3) is 0 Å². The lowest BCUT2D eigenvalue weighted by molar-refractivity contribution is -0.137. The fourth-order valence-electron chi connectivity index (χ4n) is 2.36. The first-order valence-corrected chi connectivity index (χ1v) is 5.86. The summed E-state index contributed by atoms with van der Waals surface area (Å²) in [5.74, 6) is -0.404. The minimum absolute atomic E-state index is 0.192. The molecule has 0 aromatic rings. The van der Waals surface area contributed by atoms with Gasteiger partial charge in [-0.15, -0.1) is 0 Å². The average molecular weight is 214 g/mol. The van der Waals surface area contributed by atoms with E-state index < -0.39 is 5.79 Å². The van der Waals surface area contributed by atoms with Crippen LogP contribution >= 0.6 is 0 Å². The van der Waals surface area contributed by atoms with Crippen LogP contribution in [0.2, 0.25) is 0 Å². The fraction of sp³-hybridized carbons (Fsp3) is 1.00. The Balaban J connectivity index is 1.66. The van der Waals surface area contributed by atoms with Gasteiger partial charge in [0, 0.05) is 18.6 Å². The van der Waals surface area contributed by atoms with Crippen molar-refractivity contribution in [1.29, 1.82) is 0 Å². The zero-order chi connectivity index (χ0) is 10.9. The van der Waals surface area contributed by atoms with E-state index in [2.05, 4.69) is 5.32 Å². The summed E-state index contributed by atoms with van der Waals surface area (Å²) in [6.07, 6.45) is 3.62. The predicted octanol–water partition coefficient (Wildman–Crippen LogP) is 0.607. The number of hydrogen-bond acceptors (Lipinski definition) is 4. The highest BCUT2D eigenvalue weighted by Gasteiger charge is 2.33. The van der Waals surface area contributed by atoms with E-state index >= 15 is 0 Å². The first-order valence-electron chi connectivity index (χ1n) is 5.86. The summed E-state index contributed by atoms with van der Waals surface area (Å²) in [4.78, 5) is 0. The third kappa shape index (κ3) is 3.14. The van der Waals surface area contributed by atoms with Crippen LogP contribution in [0.15, 0.2) is 0 Å². The van der Waals surface area contributed by atoms with E-state index in [0.29, 0.717) is 18.7 Å². The lowest BCUT2D eigenvalue weighted by atomic mass is 10.2. The van der Waals surface area contributed by atoms with E-state index in [4.69, 9.17) is 15.2 Å². The Morgan fingerprint density at radius 1 is 1.40 bits per heavy atom. The summed E-state index contributed by atoms with van der Waals surface area (Å²) >= 11 is 0. The Morgan fingerprint density at radius 3 is 2.73 bits per heavy atom. The Hall–Kier alpha value is -0.160. The van der Waals surface area contributed by atoms with Gasteiger partial charge in [-0.25, -0.2) is 0 Å². The molecule has 3 atom stereocenters. The molecule has 15 heavy (non-hydrogen) atoms. The molecule has 2 fully saturated rings. The third-order valence-electron chi connectivity index (χ3n) is 3.17. The molecule has 1 saturated carbocycles. The largest absolute Gasteiger partial charge is 0.348 e. The minimum Gasteiger partial charge on any atom is -0.348 e. The number of nitrogens with two attached hydrogens (primary N) is 1. The molecule has 1 aliphatic carbocycles. The van der Waals surface area contributed by atoms with Gasteiger partial charge in [0.1, 0.15) is 0 Å². The molecule has 0 amide bonds. The standard InChI is InChI=1S/C11H22N2O2/c1-11(2)14-7-10(15-11)6-13-9-4-3-8(12)5-9/h8-10,13H,3-7,12H2,1-2H3. The van der Waals surface area contributed by atoms with E-state index in [1.807, 2.05) is 13.8 Å². The van der Waals surface area contributed by atoms with Crippen LogP contribution in [0.5, 0.6) is 0 Å². The van der Waals surface area contributed by atoms with E-state index in [-0.39, 0.29) is 6.10 Å². The van der Waals surface area contributed by atoms with Gasteiger partial charge in [0.05, 0.1) is 12.7 Å². The van der Waals surface area contributed by atoms with E-state index in [1.54, 1.807) is 0 Å². The Bertz CT molecular complexity index is 221. The van der Waals surface area contributed by atoms with Gasteiger partial charge in [-0.3, -0.25) is 0 Å². The highest BCUT2D eigenvalue weighted by molar-refractivity contribution is 4.84. The summed E-state index contributed by atoms with van der Waals surface area (Å²) in [6, 6.07) is 0.965. The van der Waals surface area contributed by atoms with Crippen LogP contribution in [0.4, 0.5) is 0 Å². The first kappa shape index (κ1) is 11.3. The quantitative estimate of drug-likeness (QED) is 0.722. The molecule has 1 aliphatic heterocycles. The summed E-state index contributed by atoms with van der Waals surface area (Å²) in [5, 5.41) is 3.51. The summed E-state index contributed by atoms with van der Waals surface area (Å²) < 4.78 is 11.2. The SMILES string of the molecule is CC1(C)OCC(CNC2CCC(N)C2)O1. The molecule has 0 bridgehead atoms. The highest BCUT2D eigenvalue weighted by Crippen LogP contribution is 2.22. The van der Waals surface area contributed by atoms with Crippen molar-refractivity contribution in [2.75, 3.05) is 13.2 Å². The smallest absolute Gasteiger partial charge is 0.163 e. The van der Waals surface area contributed by atoms with Crippen molar-refractivity contribution in [2.45, 2.75) is 57.1 Å². The van der Waals surface area contributed by atoms with Crippen LogP contribution in [0.1, 0.15) is 33.1 Å². The lowest BCUT2D eigenvalue weighted by Crippen LogP contribution is -2.36. The van der Waals surface area contributed by atoms with Gasteiger partial charge >= 0.3 is 0 Å². The van der Waals surface area contributed by atoms with Crippen molar-refractivity contribution in [3.8, 4) is 0 Å². The first-order chi connectivity index (χ1) is 7.05. The maximum absolute atomic E-state index is 5.86. The second-order valence-corrected chi connectivity index (χ2v) is 5.13. The molecule has 0 aromatic heterocycles. The third-order valence-corrected chi connectivity index (χ3v) is 3.17. The van der Waals surface area contributed by atoms with Crippen LogP contribution in [0.3, 0.4) is 0 Å². The van der Waals surface area contributed by atoms with Gasteiger partial charge in [0.15, 0.2) is 5.79 Å². The number of rotatable bonds is 3. The molecule has 4 heteroatoms. The van der Waals surface area contributed by atoms with Crippen molar-refractivity contribution in [3.63, 3.8) is 0 Å². The molecule has 0 aromatic carbocycles. The maximum Gasteiger partial charge on any atom is 0.163 e. The number of hydrogen-bond donors (Lipinski definition) is 2. The van der Waals surface area contributed by atoms with Gasteiger partial charge in [0.2, 0.25) is 0 Å². The highest BCUT2D eigenvalue weighted by atomic mass is 16.7. The molecule has 4 nitrogen and oxygen atoms in total. The molecule has 0 spiro atoms. The lowest BCUT2D eigenvalue weighted by Gasteiger charge is -2.19. The second-order valence-electron chi connectivity index (χ2n) is 5.13. The fourth-order valence-corrected chi connectivity index (χ4v) is 2.36. The Morgan fingerprint density at radius 2 is 2.20 bits per heavy atom. The normalized spacial score (nSPS) is 39.8. The van der Waals surface area contributed by atoms with Crippen molar-refractivity contribution in [2.24, 2.45) is 5.73 Å². The molecular formula is C11H22N2O2. The van der Waals surface area contributed by atoms with Crippen LogP contribution in [0, 0.1) is 0 Å². The molecule has 2 rings (SSSR count). The van der Waals surface area contributed by atoms with Gasteiger partial charge in [-0.2, -0.15) is 0 Å². The zero-order valence-corrected chi connectivity index (χ0v) is 9.66. The van der Waals surface area contributed by atoms with Gasteiger partial charge < -0.3 is 20.5 Å². The Labute approximate surface area is 91.5 Å². The van der Waals surface area contributed by atoms with Crippen molar-refractivity contribution >= 4 is 0 Å². The van der Waals surface area contributed by atoms with Gasteiger partial charge in [-0.05, 0) is 33.1 Å². The number of nitrogens with one attached hydrogen (secondary N) is 1. The van der Waals surface area contributed by atoms with Crippen molar-refractivity contribution in [3.05, 3.63) is 0 Å². The monoisotopic (exact) mass is 214 g/mol. The molecule has 3 N–H and O–H groups in total. The summed E-state index contributed by atoms with van der Waals surface area (Å²) in [7, 11) is 0. The molecular weight excluding hydrogens is 192 g/mol. The second kappa shape index (κ2) is 4.37. The van der Waals surface area contributed by atoms with Crippen molar-refractivity contribution in [1.82, 2.24) is 5.32 Å². The Kier molecular flexibility index (Phi) is 3.30. The van der Waals surface area contributed by atoms with E-state index in [0.717, 1.165) is 19.4 Å².